The highest BCUT2D eigenvalue weighted by Gasteiger charge is 2.22. The molecular formula is C21H24N2O2S2. The summed E-state index contributed by atoms with van der Waals surface area (Å²) in [7, 11) is 1.67. The molecule has 2 heterocycles. The normalized spacial score (nSPS) is 10.9. The fraction of sp³-hybridized carbons (Fsp3) is 0.333. The van der Waals surface area contributed by atoms with Crippen molar-refractivity contribution in [2.24, 2.45) is 0 Å². The molecule has 1 aromatic carbocycles. The van der Waals surface area contributed by atoms with Gasteiger partial charge in [-0.3, -0.25) is 4.79 Å². The molecule has 142 valence electrons. The Labute approximate surface area is 168 Å². The van der Waals surface area contributed by atoms with Crippen LogP contribution < -0.4 is 0 Å². The van der Waals surface area contributed by atoms with Crippen LogP contribution in [0.25, 0.3) is 9.88 Å². The molecule has 0 fully saturated rings. The summed E-state index contributed by atoms with van der Waals surface area (Å²) in [5, 5.41) is 2.95. The third-order valence-electron chi connectivity index (χ3n) is 4.31. The monoisotopic (exact) mass is 400 g/mol. The zero-order chi connectivity index (χ0) is 19.1. The average Bonchev–Trinajstić information content (AvgIpc) is 3.34. The van der Waals surface area contributed by atoms with E-state index in [1.165, 1.54) is 16.9 Å². The van der Waals surface area contributed by atoms with E-state index in [-0.39, 0.29) is 5.91 Å². The van der Waals surface area contributed by atoms with Gasteiger partial charge in [-0.2, -0.15) is 0 Å². The summed E-state index contributed by atoms with van der Waals surface area (Å²) in [6, 6.07) is 14.4. The highest BCUT2D eigenvalue weighted by atomic mass is 32.1. The second-order valence-electron chi connectivity index (χ2n) is 6.29. The second-order valence-corrected chi connectivity index (χ2v) is 8.23. The predicted octanol–water partition coefficient (Wildman–Crippen LogP) is 4.90. The summed E-state index contributed by atoms with van der Waals surface area (Å²) in [6.07, 6.45) is 1.88. The van der Waals surface area contributed by atoms with Gasteiger partial charge in [0.05, 0.1) is 17.2 Å². The number of hydrogen-bond acceptors (Lipinski definition) is 5. The molecule has 0 N–H and O–H groups in total. The van der Waals surface area contributed by atoms with Crippen LogP contribution in [0.5, 0.6) is 0 Å². The number of aryl methyl sites for hydroxylation is 2. The molecule has 1 amide bonds. The molecule has 3 rings (SSSR count). The van der Waals surface area contributed by atoms with Crippen LogP contribution in [0.15, 0.2) is 47.8 Å². The third-order valence-corrected chi connectivity index (χ3v) is 6.50. The molecular weight excluding hydrogens is 376 g/mol. The molecule has 0 saturated heterocycles. The molecule has 6 heteroatoms. The number of aromatic nitrogens is 1. The van der Waals surface area contributed by atoms with Gasteiger partial charge in [-0.15, -0.1) is 22.7 Å². The van der Waals surface area contributed by atoms with Crippen molar-refractivity contribution < 1.29 is 9.53 Å². The number of carbonyl (C=O) groups is 1. The topological polar surface area (TPSA) is 42.4 Å². The number of amides is 1. The maximum atomic E-state index is 13.1. The van der Waals surface area contributed by atoms with Gasteiger partial charge in [-0.25, -0.2) is 4.98 Å². The molecule has 2 aromatic heterocycles. The van der Waals surface area contributed by atoms with Crippen molar-refractivity contribution in [2.75, 3.05) is 26.8 Å². The smallest absolute Gasteiger partial charge is 0.265 e. The maximum absolute atomic E-state index is 13.1. The van der Waals surface area contributed by atoms with E-state index >= 15 is 0 Å². The largest absolute Gasteiger partial charge is 0.383 e. The zero-order valence-electron chi connectivity index (χ0n) is 15.7. The first kappa shape index (κ1) is 19.7. The molecule has 3 aromatic rings. The van der Waals surface area contributed by atoms with Crippen LogP contribution in [0.1, 0.15) is 27.3 Å². The first-order chi connectivity index (χ1) is 13.2. The van der Waals surface area contributed by atoms with Crippen LogP contribution in [-0.2, 0) is 11.2 Å². The van der Waals surface area contributed by atoms with E-state index in [1.54, 1.807) is 18.4 Å². The molecule has 27 heavy (non-hydrogen) atoms. The number of methoxy groups -OCH3 is 1. The fourth-order valence-electron chi connectivity index (χ4n) is 2.88. The van der Waals surface area contributed by atoms with Crippen LogP contribution in [0, 0.1) is 6.92 Å². The molecule has 0 bridgehead atoms. The van der Waals surface area contributed by atoms with Gasteiger partial charge >= 0.3 is 0 Å². The highest BCUT2D eigenvalue weighted by Crippen LogP contribution is 2.31. The summed E-state index contributed by atoms with van der Waals surface area (Å²) >= 11 is 3.13. The Morgan fingerprint density at radius 2 is 1.96 bits per heavy atom. The Hall–Kier alpha value is -2.02. The van der Waals surface area contributed by atoms with E-state index in [1.807, 2.05) is 35.4 Å². The standard InChI is InChI=1S/C21H24N2O2S2/c1-16-19(27-20(22-16)18-11-7-15-26-18)21(24)23(13-14-25-2)12-6-10-17-8-4-3-5-9-17/h3-5,7-9,11,15H,6,10,12-14H2,1-2H3. The maximum Gasteiger partial charge on any atom is 0.265 e. The van der Waals surface area contributed by atoms with Gasteiger partial charge in [0.2, 0.25) is 0 Å². The van der Waals surface area contributed by atoms with Gasteiger partial charge < -0.3 is 9.64 Å². The minimum Gasteiger partial charge on any atom is -0.383 e. The van der Waals surface area contributed by atoms with Gasteiger partial charge in [0, 0.05) is 20.2 Å². The van der Waals surface area contributed by atoms with Gasteiger partial charge in [0.25, 0.3) is 5.91 Å². The lowest BCUT2D eigenvalue weighted by molar-refractivity contribution is 0.0697. The SMILES string of the molecule is COCCN(CCCc1ccccc1)C(=O)c1sc(-c2cccs2)nc1C. The van der Waals surface area contributed by atoms with E-state index in [9.17, 15) is 4.79 Å². The summed E-state index contributed by atoms with van der Waals surface area (Å²) in [4.78, 5) is 21.5. The average molecular weight is 401 g/mol. The summed E-state index contributed by atoms with van der Waals surface area (Å²) < 4.78 is 5.21. The number of nitrogens with zero attached hydrogens (tertiary/aromatic N) is 2. The zero-order valence-corrected chi connectivity index (χ0v) is 17.3. The molecule has 0 radical (unpaired) electrons. The highest BCUT2D eigenvalue weighted by molar-refractivity contribution is 7.22. The van der Waals surface area contributed by atoms with Crippen molar-refractivity contribution in [3.05, 3.63) is 64.0 Å². The lowest BCUT2D eigenvalue weighted by Gasteiger charge is -2.22. The van der Waals surface area contributed by atoms with Crippen molar-refractivity contribution in [1.29, 1.82) is 0 Å². The number of thiazole rings is 1. The summed E-state index contributed by atoms with van der Waals surface area (Å²) in [5.41, 5.74) is 2.10. The van der Waals surface area contributed by atoms with Crippen LogP contribution in [-0.4, -0.2) is 42.6 Å². The minimum atomic E-state index is 0.0536. The van der Waals surface area contributed by atoms with Crippen LogP contribution >= 0.6 is 22.7 Å². The van der Waals surface area contributed by atoms with Crippen LogP contribution in [0.3, 0.4) is 0 Å². The van der Waals surface area contributed by atoms with Gasteiger partial charge in [0.1, 0.15) is 9.88 Å². The number of hydrogen-bond donors (Lipinski definition) is 0. The van der Waals surface area contributed by atoms with Gasteiger partial charge in [-0.1, -0.05) is 36.4 Å². The Kier molecular flexibility index (Phi) is 7.15. The molecule has 0 atom stereocenters. The lowest BCUT2D eigenvalue weighted by Crippen LogP contribution is -2.35. The Bertz CT molecular complexity index is 844. The second kappa shape index (κ2) is 9.78. The molecule has 4 nitrogen and oxygen atoms in total. The van der Waals surface area contributed by atoms with E-state index < -0.39 is 0 Å². The molecule has 0 spiro atoms. The van der Waals surface area contributed by atoms with Gasteiger partial charge in [-0.05, 0) is 36.8 Å². The summed E-state index contributed by atoms with van der Waals surface area (Å²) in [5.74, 6) is 0.0536. The Morgan fingerprint density at radius 1 is 1.15 bits per heavy atom. The van der Waals surface area contributed by atoms with E-state index in [2.05, 4.69) is 29.2 Å². The van der Waals surface area contributed by atoms with Crippen molar-refractivity contribution in [1.82, 2.24) is 9.88 Å². The van der Waals surface area contributed by atoms with Crippen molar-refractivity contribution in [3.8, 4) is 9.88 Å². The van der Waals surface area contributed by atoms with Crippen molar-refractivity contribution in [3.63, 3.8) is 0 Å². The molecule has 0 aliphatic rings. The van der Waals surface area contributed by atoms with Crippen molar-refractivity contribution >= 4 is 28.6 Å². The molecule has 0 aliphatic heterocycles. The third kappa shape index (κ3) is 5.25. The van der Waals surface area contributed by atoms with Gasteiger partial charge in [0.15, 0.2) is 0 Å². The number of ether oxygens (including phenoxy) is 1. The quantitative estimate of drug-likeness (QED) is 0.513. The first-order valence-electron chi connectivity index (χ1n) is 9.02. The van der Waals surface area contributed by atoms with E-state index in [0.29, 0.717) is 19.7 Å². The van der Waals surface area contributed by atoms with Crippen molar-refractivity contribution in [2.45, 2.75) is 19.8 Å². The Balaban J connectivity index is 1.69. The van der Waals surface area contributed by atoms with Crippen LogP contribution in [0.4, 0.5) is 0 Å². The molecule has 0 aliphatic carbocycles. The number of carbonyl (C=O) groups excluding carboxylic acids is 1. The number of benzene rings is 1. The predicted molar refractivity (Wildman–Crippen MR) is 113 cm³/mol. The summed E-state index contributed by atoms with van der Waals surface area (Å²) in [6.45, 7) is 3.75. The lowest BCUT2D eigenvalue weighted by atomic mass is 10.1. The molecule has 0 unspecified atom stereocenters. The molecule has 0 saturated carbocycles. The van der Waals surface area contributed by atoms with E-state index in [4.69, 9.17) is 4.74 Å². The fourth-order valence-corrected chi connectivity index (χ4v) is 4.71. The van der Waals surface area contributed by atoms with Crippen LogP contribution in [0.2, 0.25) is 0 Å². The number of rotatable bonds is 9. The Morgan fingerprint density at radius 3 is 2.67 bits per heavy atom. The first-order valence-corrected chi connectivity index (χ1v) is 10.7. The minimum absolute atomic E-state index is 0.0536. The number of thiophene rings is 1. The van der Waals surface area contributed by atoms with E-state index in [0.717, 1.165) is 33.3 Å².